The minimum atomic E-state index is -0.299. The van der Waals surface area contributed by atoms with Crippen molar-refractivity contribution in [2.75, 3.05) is 41.0 Å². The molecule has 0 aliphatic carbocycles. The predicted octanol–water partition coefficient (Wildman–Crippen LogP) is 4.29. The van der Waals surface area contributed by atoms with E-state index in [0.29, 0.717) is 26.0 Å². The van der Waals surface area contributed by atoms with E-state index in [-0.39, 0.29) is 29.8 Å². The Morgan fingerprint density at radius 2 is 1.72 bits per heavy atom. The highest BCUT2D eigenvalue weighted by Gasteiger charge is 2.35. The fourth-order valence-corrected chi connectivity index (χ4v) is 4.10. The monoisotopic (exact) mass is 495 g/mol. The third-order valence-corrected chi connectivity index (χ3v) is 6.00. The second kappa shape index (κ2) is 12.0. The molecule has 1 aliphatic heterocycles. The van der Waals surface area contributed by atoms with Gasteiger partial charge in [-0.2, -0.15) is 5.10 Å². The minimum Gasteiger partial charge on any atom is -0.497 e. The number of carbonyl (C=O) groups excluding carboxylic acids is 2. The molecule has 0 bridgehead atoms. The van der Waals surface area contributed by atoms with Gasteiger partial charge in [0.25, 0.3) is 5.91 Å². The molecule has 1 heterocycles. The third-order valence-electron chi connectivity index (χ3n) is 6.00. The van der Waals surface area contributed by atoms with Crippen molar-refractivity contribution in [1.82, 2.24) is 9.91 Å². The second-order valence-corrected chi connectivity index (χ2v) is 10.1. The summed E-state index contributed by atoms with van der Waals surface area (Å²) < 4.78 is 15.9. The van der Waals surface area contributed by atoms with Gasteiger partial charge in [0.2, 0.25) is 5.91 Å². The first-order valence-electron chi connectivity index (χ1n) is 12.1. The summed E-state index contributed by atoms with van der Waals surface area (Å²) in [5.74, 6) is 1.14. The predicted molar refractivity (Wildman–Crippen MR) is 139 cm³/mol. The number of hydrogen-bond acceptors (Lipinski definition) is 6. The number of rotatable bonds is 10. The van der Waals surface area contributed by atoms with Crippen LogP contribution < -0.4 is 9.47 Å². The van der Waals surface area contributed by atoms with Crippen LogP contribution >= 0.6 is 0 Å². The number of ether oxygens (including phenoxy) is 3. The molecule has 36 heavy (non-hydrogen) atoms. The topological polar surface area (TPSA) is 80.7 Å². The van der Waals surface area contributed by atoms with Gasteiger partial charge in [-0.25, -0.2) is 5.01 Å². The van der Waals surface area contributed by atoms with Crippen molar-refractivity contribution in [1.29, 1.82) is 0 Å². The van der Waals surface area contributed by atoms with Crippen LogP contribution in [-0.2, 0) is 14.3 Å². The van der Waals surface area contributed by atoms with Crippen LogP contribution in [0.4, 0.5) is 0 Å². The van der Waals surface area contributed by atoms with Crippen molar-refractivity contribution >= 4 is 17.5 Å². The van der Waals surface area contributed by atoms with E-state index in [0.717, 1.165) is 28.3 Å². The highest BCUT2D eigenvalue weighted by molar-refractivity contribution is 6.03. The van der Waals surface area contributed by atoms with Crippen molar-refractivity contribution in [3.8, 4) is 11.5 Å². The Balaban J connectivity index is 1.91. The number of carbonyl (C=O) groups is 2. The van der Waals surface area contributed by atoms with E-state index in [4.69, 9.17) is 19.3 Å². The average Bonchev–Trinajstić information content (AvgIpc) is 3.31. The quantitative estimate of drug-likeness (QED) is 0.491. The zero-order valence-corrected chi connectivity index (χ0v) is 22.1. The minimum absolute atomic E-state index is 0.0696. The molecule has 2 amide bonds. The van der Waals surface area contributed by atoms with Crippen molar-refractivity contribution < 1.29 is 23.8 Å². The fraction of sp³-hybridized carbons (Fsp3) is 0.464. The Kier molecular flexibility index (Phi) is 9.09. The summed E-state index contributed by atoms with van der Waals surface area (Å²) in [7, 11) is 4.82. The molecule has 0 saturated heterocycles. The maximum absolute atomic E-state index is 13.6. The van der Waals surface area contributed by atoms with Crippen molar-refractivity contribution in [2.45, 2.75) is 39.7 Å². The number of benzene rings is 2. The zero-order valence-electron chi connectivity index (χ0n) is 22.1. The van der Waals surface area contributed by atoms with Gasteiger partial charge in [-0.1, -0.05) is 45.0 Å². The molecule has 194 valence electrons. The van der Waals surface area contributed by atoms with E-state index in [1.165, 1.54) is 5.01 Å². The van der Waals surface area contributed by atoms with E-state index >= 15 is 0 Å². The molecule has 1 atom stereocenters. The first-order chi connectivity index (χ1) is 17.1. The third kappa shape index (κ3) is 7.07. The lowest BCUT2D eigenvalue weighted by atomic mass is 9.91. The molecule has 0 spiro atoms. The zero-order chi connectivity index (χ0) is 26.3. The molecule has 0 aromatic heterocycles. The summed E-state index contributed by atoms with van der Waals surface area (Å²) >= 11 is 0. The second-order valence-electron chi connectivity index (χ2n) is 10.1. The molecule has 0 saturated carbocycles. The molecule has 2 aromatic rings. The van der Waals surface area contributed by atoms with Crippen molar-refractivity contribution in [3.05, 3.63) is 59.7 Å². The molecular weight excluding hydrogens is 458 g/mol. The Morgan fingerprint density at radius 3 is 2.33 bits per heavy atom. The van der Waals surface area contributed by atoms with Gasteiger partial charge in [-0.3, -0.25) is 9.59 Å². The molecule has 8 heteroatoms. The van der Waals surface area contributed by atoms with E-state index < -0.39 is 0 Å². The first kappa shape index (κ1) is 27.2. The lowest BCUT2D eigenvalue weighted by Crippen LogP contribution is -2.43. The molecular formula is C28H37N3O5. The lowest BCUT2D eigenvalue weighted by Gasteiger charge is -2.29. The standard InChI is InChI=1S/C28H37N3O5/c1-28(2,3)18-26(32)30(14-15-34-4)19-27(33)31-25(20-10-12-22(35-5)13-11-20)17-24(29-31)21-8-7-9-23(16-21)36-6/h7-13,16,25H,14-15,17-19H2,1-6H3. The van der Waals surface area contributed by atoms with Gasteiger partial charge in [0.05, 0.1) is 32.6 Å². The van der Waals surface area contributed by atoms with Gasteiger partial charge in [0.15, 0.2) is 0 Å². The number of hydrogen-bond donors (Lipinski definition) is 0. The Bertz CT molecular complexity index is 1080. The van der Waals surface area contributed by atoms with Crippen LogP contribution in [0.3, 0.4) is 0 Å². The molecule has 0 N–H and O–H groups in total. The summed E-state index contributed by atoms with van der Waals surface area (Å²) in [5.41, 5.74) is 2.42. The molecule has 0 fully saturated rings. The molecule has 2 aromatic carbocycles. The average molecular weight is 496 g/mol. The number of amides is 2. The summed E-state index contributed by atoms with van der Waals surface area (Å²) in [4.78, 5) is 28.2. The lowest BCUT2D eigenvalue weighted by molar-refractivity contribution is -0.143. The Labute approximate surface area is 213 Å². The maximum Gasteiger partial charge on any atom is 0.262 e. The van der Waals surface area contributed by atoms with Crippen molar-refractivity contribution in [2.24, 2.45) is 10.5 Å². The van der Waals surface area contributed by atoms with E-state index in [9.17, 15) is 9.59 Å². The maximum atomic E-state index is 13.6. The summed E-state index contributed by atoms with van der Waals surface area (Å²) in [6.45, 7) is 6.64. The van der Waals surface area contributed by atoms with E-state index in [2.05, 4.69) is 0 Å². The van der Waals surface area contributed by atoms with Crippen molar-refractivity contribution in [3.63, 3.8) is 0 Å². The highest BCUT2D eigenvalue weighted by Crippen LogP contribution is 2.34. The highest BCUT2D eigenvalue weighted by atomic mass is 16.5. The van der Waals surface area contributed by atoms with Gasteiger partial charge in [0.1, 0.15) is 18.0 Å². The molecule has 1 aliphatic rings. The fourth-order valence-electron chi connectivity index (χ4n) is 4.10. The SMILES string of the molecule is COCCN(CC(=O)N1N=C(c2cccc(OC)c2)CC1c1ccc(OC)cc1)C(=O)CC(C)(C)C. The van der Waals surface area contributed by atoms with Crippen LogP contribution in [0.25, 0.3) is 0 Å². The van der Waals surface area contributed by atoms with Crippen LogP contribution in [0, 0.1) is 5.41 Å². The van der Waals surface area contributed by atoms with E-state index in [1.54, 1.807) is 26.2 Å². The smallest absolute Gasteiger partial charge is 0.262 e. The van der Waals surface area contributed by atoms with Crippen LogP contribution in [0.2, 0.25) is 0 Å². The van der Waals surface area contributed by atoms with Crippen LogP contribution in [-0.4, -0.2) is 68.5 Å². The normalized spacial score (nSPS) is 15.4. The Hall–Kier alpha value is -3.39. The molecule has 8 nitrogen and oxygen atoms in total. The van der Waals surface area contributed by atoms with Crippen LogP contribution in [0.5, 0.6) is 11.5 Å². The van der Waals surface area contributed by atoms with E-state index in [1.807, 2.05) is 69.3 Å². The van der Waals surface area contributed by atoms with Crippen LogP contribution in [0.1, 0.15) is 50.8 Å². The first-order valence-corrected chi connectivity index (χ1v) is 12.1. The summed E-state index contributed by atoms with van der Waals surface area (Å²) in [6, 6.07) is 15.0. The summed E-state index contributed by atoms with van der Waals surface area (Å²) in [5, 5.41) is 6.26. The largest absolute Gasteiger partial charge is 0.497 e. The number of hydrazone groups is 1. The van der Waals surface area contributed by atoms with Crippen LogP contribution in [0.15, 0.2) is 53.6 Å². The van der Waals surface area contributed by atoms with Gasteiger partial charge >= 0.3 is 0 Å². The van der Waals surface area contributed by atoms with Gasteiger partial charge in [-0.15, -0.1) is 0 Å². The number of methoxy groups -OCH3 is 3. The molecule has 0 radical (unpaired) electrons. The summed E-state index contributed by atoms with van der Waals surface area (Å²) in [6.07, 6.45) is 0.878. The molecule has 1 unspecified atom stereocenters. The van der Waals surface area contributed by atoms with Gasteiger partial charge < -0.3 is 19.1 Å². The van der Waals surface area contributed by atoms with Gasteiger partial charge in [-0.05, 0) is 35.2 Å². The number of nitrogens with zero attached hydrogens (tertiary/aromatic N) is 3. The van der Waals surface area contributed by atoms with Gasteiger partial charge in [0, 0.05) is 32.1 Å². The molecule has 3 rings (SSSR count). The Morgan fingerprint density at radius 1 is 1.03 bits per heavy atom.